The summed E-state index contributed by atoms with van der Waals surface area (Å²) >= 11 is 0. The normalized spacial score (nSPS) is 21.7. The third kappa shape index (κ3) is 3.38. The number of carbonyl (C=O) groups is 1. The van der Waals surface area contributed by atoms with E-state index in [4.69, 9.17) is 0 Å². The van der Waals surface area contributed by atoms with Crippen molar-refractivity contribution in [2.45, 2.75) is 31.2 Å². The number of nitrogens with zero attached hydrogens (tertiary/aromatic N) is 2. The molecule has 1 aromatic carbocycles. The Morgan fingerprint density at radius 2 is 2.04 bits per heavy atom. The summed E-state index contributed by atoms with van der Waals surface area (Å²) in [6.07, 6.45) is 0.705. The Labute approximate surface area is 143 Å². The number of hydrogen-bond donors (Lipinski definition) is 1. The Kier molecular flexibility index (Phi) is 5.35. The van der Waals surface area contributed by atoms with Crippen molar-refractivity contribution < 1.29 is 13.2 Å². The molecule has 1 fully saturated rings. The van der Waals surface area contributed by atoms with Crippen LogP contribution in [-0.2, 0) is 21.2 Å². The molecular formula is C15H22ClN3O3S. The molecule has 0 bridgehead atoms. The van der Waals surface area contributed by atoms with Crippen LogP contribution >= 0.6 is 12.4 Å². The third-order valence-corrected chi connectivity index (χ3v) is 6.16. The highest BCUT2D eigenvalue weighted by Gasteiger charge is 2.30. The number of piperazine rings is 1. The number of fused-ring (bicyclic) bond motifs is 1. The molecule has 1 atom stereocenters. The van der Waals surface area contributed by atoms with Gasteiger partial charge in [0.15, 0.2) is 0 Å². The number of carbonyl (C=O) groups excluding carboxylic acids is 1. The minimum atomic E-state index is -3.46. The Hall–Kier alpha value is -1.15. The lowest BCUT2D eigenvalue weighted by atomic mass is 10.2. The van der Waals surface area contributed by atoms with Crippen LogP contribution in [0.15, 0.2) is 23.1 Å². The molecule has 1 aromatic rings. The van der Waals surface area contributed by atoms with Crippen LogP contribution in [0.25, 0.3) is 0 Å². The highest BCUT2D eigenvalue weighted by molar-refractivity contribution is 7.89. The number of nitrogens with one attached hydrogen (secondary N) is 1. The van der Waals surface area contributed by atoms with Crippen LogP contribution < -0.4 is 10.2 Å². The second-order valence-corrected chi connectivity index (χ2v) is 7.87. The van der Waals surface area contributed by atoms with E-state index in [0.29, 0.717) is 37.5 Å². The van der Waals surface area contributed by atoms with Crippen LogP contribution in [0.1, 0.15) is 19.4 Å². The topological polar surface area (TPSA) is 69.7 Å². The quantitative estimate of drug-likeness (QED) is 0.855. The van der Waals surface area contributed by atoms with Gasteiger partial charge in [-0.15, -0.1) is 12.4 Å². The SMILES string of the molecule is CC(=O)N1CCc2cc(S(=O)(=O)N3CCN[C@H](C)C3)ccc21.Cl. The first-order valence-electron chi connectivity index (χ1n) is 7.54. The Morgan fingerprint density at radius 3 is 2.70 bits per heavy atom. The zero-order valence-corrected chi connectivity index (χ0v) is 14.9. The molecule has 0 spiro atoms. The molecule has 2 aliphatic heterocycles. The Morgan fingerprint density at radius 1 is 1.30 bits per heavy atom. The van der Waals surface area contributed by atoms with Gasteiger partial charge in [0.25, 0.3) is 0 Å². The van der Waals surface area contributed by atoms with Gasteiger partial charge in [0, 0.05) is 44.8 Å². The summed E-state index contributed by atoms with van der Waals surface area (Å²) in [6.45, 7) is 5.78. The van der Waals surface area contributed by atoms with Gasteiger partial charge in [0.2, 0.25) is 15.9 Å². The summed E-state index contributed by atoms with van der Waals surface area (Å²) in [4.78, 5) is 13.6. The summed E-state index contributed by atoms with van der Waals surface area (Å²) in [5, 5.41) is 3.25. The zero-order chi connectivity index (χ0) is 15.9. The molecule has 1 saturated heterocycles. The molecule has 1 amide bonds. The highest BCUT2D eigenvalue weighted by atomic mass is 35.5. The van der Waals surface area contributed by atoms with E-state index in [1.54, 1.807) is 23.1 Å². The maximum atomic E-state index is 12.8. The number of halogens is 1. The molecule has 6 nitrogen and oxygen atoms in total. The predicted octanol–water partition coefficient (Wildman–Crippen LogP) is 1.000. The van der Waals surface area contributed by atoms with Gasteiger partial charge in [-0.25, -0.2) is 8.42 Å². The van der Waals surface area contributed by atoms with Gasteiger partial charge in [0.05, 0.1) is 4.90 Å². The third-order valence-electron chi connectivity index (χ3n) is 4.30. The molecule has 2 aliphatic rings. The Balaban J connectivity index is 0.00000192. The lowest BCUT2D eigenvalue weighted by Gasteiger charge is -2.31. The van der Waals surface area contributed by atoms with Gasteiger partial charge in [-0.1, -0.05) is 0 Å². The summed E-state index contributed by atoms with van der Waals surface area (Å²) in [6, 6.07) is 5.25. The van der Waals surface area contributed by atoms with Crippen LogP contribution in [0, 0.1) is 0 Å². The fourth-order valence-electron chi connectivity index (χ4n) is 3.13. The van der Waals surface area contributed by atoms with Gasteiger partial charge >= 0.3 is 0 Å². The first-order valence-corrected chi connectivity index (χ1v) is 8.98. The van der Waals surface area contributed by atoms with Crippen molar-refractivity contribution in [2.75, 3.05) is 31.1 Å². The number of rotatable bonds is 2. The minimum Gasteiger partial charge on any atom is -0.312 e. The molecular weight excluding hydrogens is 338 g/mol. The zero-order valence-electron chi connectivity index (χ0n) is 13.3. The van der Waals surface area contributed by atoms with Gasteiger partial charge in [-0.2, -0.15) is 4.31 Å². The fourth-order valence-corrected chi connectivity index (χ4v) is 4.71. The number of anilines is 1. The highest BCUT2D eigenvalue weighted by Crippen LogP contribution is 2.31. The standard InChI is InChI=1S/C15H21N3O3S.ClH/c1-11-10-17(8-6-16-11)22(20,21)14-3-4-15-13(9-14)5-7-18(15)12(2)19;/h3-4,9,11,16H,5-8,10H2,1-2H3;1H/t11-;/m1./s1. The van der Waals surface area contributed by atoms with Crippen molar-refractivity contribution in [2.24, 2.45) is 0 Å². The number of benzene rings is 1. The molecule has 2 heterocycles. The van der Waals surface area contributed by atoms with Crippen LogP contribution in [-0.4, -0.2) is 50.9 Å². The fraction of sp³-hybridized carbons (Fsp3) is 0.533. The molecule has 3 rings (SSSR count). The average Bonchev–Trinajstić information content (AvgIpc) is 2.90. The van der Waals surface area contributed by atoms with Crippen LogP contribution in [0.3, 0.4) is 0 Å². The molecule has 0 unspecified atom stereocenters. The van der Waals surface area contributed by atoms with E-state index >= 15 is 0 Å². The van der Waals surface area contributed by atoms with Crippen molar-refractivity contribution in [3.8, 4) is 0 Å². The van der Waals surface area contributed by atoms with Crippen molar-refractivity contribution in [3.05, 3.63) is 23.8 Å². The first kappa shape index (κ1) is 18.2. The smallest absolute Gasteiger partial charge is 0.243 e. The molecule has 0 aliphatic carbocycles. The number of sulfonamides is 1. The number of amides is 1. The van der Waals surface area contributed by atoms with E-state index in [-0.39, 0.29) is 24.4 Å². The molecule has 0 aromatic heterocycles. The van der Waals surface area contributed by atoms with Crippen molar-refractivity contribution in [3.63, 3.8) is 0 Å². The van der Waals surface area contributed by atoms with Crippen LogP contribution in [0.4, 0.5) is 5.69 Å². The van der Waals surface area contributed by atoms with Gasteiger partial charge in [0.1, 0.15) is 0 Å². The maximum Gasteiger partial charge on any atom is 0.243 e. The molecule has 0 saturated carbocycles. The van der Waals surface area contributed by atoms with E-state index in [2.05, 4.69) is 5.32 Å². The first-order chi connectivity index (χ1) is 10.4. The lowest BCUT2D eigenvalue weighted by Crippen LogP contribution is -2.51. The molecule has 128 valence electrons. The van der Waals surface area contributed by atoms with Crippen LogP contribution in [0.2, 0.25) is 0 Å². The maximum absolute atomic E-state index is 12.8. The monoisotopic (exact) mass is 359 g/mol. The predicted molar refractivity (Wildman–Crippen MR) is 91.6 cm³/mol. The number of hydrogen-bond acceptors (Lipinski definition) is 4. The van der Waals surface area contributed by atoms with E-state index in [9.17, 15) is 13.2 Å². The second-order valence-electron chi connectivity index (χ2n) is 5.93. The van der Waals surface area contributed by atoms with Crippen molar-refractivity contribution in [1.29, 1.82) is 0 Å². The van der Waals surface area contributed by atoms with E-state index in [1.165, 1.54) is 11.2 Å². The van der Waals surface area contributed by atoms with Crippen molar-refractivity contribution in [1.82, 2.24) is 9.62 Å². The largest absolute Gasteiger partial charge is 0.312 e. The molecule has 1 N–H and O–H groups in total. The lowest BCUT2D eigenvalue weighted by molar-refractivity contribution is -0.116. The van der Waals surface area contributed by atoms with Gasteiger partial charge < -0.3 is 10.2 Å². The summed E-state index contributed by atoms with van der Waals surface area (Å²) in [5.41, 5.74) is 1.76. The van der Waals surface area contributed by atoms with Gasteiger partial charge in [-0.05, 0) is 37.1 Å². The summed E-state index contributed by atoms with van der Waals surface area (Å²) < 4.78 is 27.1. The summed E-state index contributed by atoms with van der Waals surface area (Å²) in [7, 11) is -3.46. The molecule has 8 heteroatoms. The Bertz CT molecular complexity index is 708. The van der Waals surface area contributed by atoms with Crippen LogP contribution in [0.5, 0.6) is 0 Å². The molecule has 23 heavy (non-hydrogen) atoms. The van der Waals surface area contributed by atoms with E-state index < -0.39 is 10.0 Å². The summed E-state index contributed by atoms with van der Waals surface area (Å²) in [5.74, 6) is -0.00899. The van der Waals surface area contributed by atoms with Gasteiger partial charge in [-0.3, -0.25) is 4.79 Å². The van der Waals surface area contributed by atoms with E-state index in [0.717, 1.165) is 11.3 Å². The second kappa shape index (κ2) is 6.76. The van der Waals surface area contributed by atoms with E-state index in [1.807, 2.05) is 6.92 Å². The average molecular weight is 360 g/mol. The minimum absolute atomic E-state index is 0. The van der Waals surface area contributed by atoms with Crippen molar-refractivity contribution >= 4 is 34.0 Å². The molecule has 0 radical (unpaired) electrons.